The number of para-hydroxylation sites is 1. The Morgan fingerprint density at radius 3 is 2.63 bits per heavy atom. The molecule has 0 unspecified atom stereocenters. The molecular weight excluding hydrogens is 445 g/mol. The van der Waals surface area contributed by atoms with E-state index in [9.17, 15) is 13.2 Å². The van der Waals surface area contributed by atoms with Gasteiger partial charge in [-0.25, -0.2) is 18.1 Å². The largest absolute Gasteiger partial charge is 0.324 e. The zero-order valence-corrected chi connectivity index (χ0v) is 19.1. The monoisotopic (exact) mass is 467 g/mol. The van der Waals surface area contributed by atoms with E-state index in [2.05, 4.69) is 9.71 Å². The third-order valence-electron chi connectivity index (χ3n) is 4.82. The summed E-state index contributed by atoms with van der Waals surface area (Å²) in [6.45, 7) is 4.26. The number of hydrogen-bond acceptors (Lipinski definition) is 4. The first kappa shape index (κ1) is 22.6. The van der Waals surface area contributed by atoms with Crippen LogP contribution < -0.4 is 4.72 Å². The first-order valence-corrected chi connectivity index (χ1v) is 12.1. The number of halogens is 2. The number of benzene rings is 2. The minimum Gasteiger partial charge on any atom is -0.324 e. The second-order valence-corrected chi connectivity index (χ2v) is 9.80. The number of nitrogens with one attached hydrogen (secondary N) is 1. The number of nitrogens with zero attached hydrogens (tertiary/aromatic N) is 2. The number of aryl methyl sites for hydroxylation is 1. The fraction of sp³-hybridized carbons (Fsp3) is 0.333. The SMILES string of the molecule is CCCCCS(=O)(=O)NC(=O)c1cccc2c1nc(C)n2Cc1ccc(Cl)cc1Cl. The summed E-state index contributed by atoms with van der Waals surface area (Å²) in [6, 6.07) is 10.4. The Labute approximate surface area is 186 Å². The second kappa shape index (κ2) is 9.37. The number of imidazole rings is 1. The van der Waals surface area contributed by atoms with Crippen LogP contribution in [-0.4, -0.2) is 29.6 Å². The first-order chi connectivity index (χ1) is 14.2. The van der Waals surface area contributed by atoms with E-state index in [1.165, 1.54) is 0 Å². The van der Waals surface area contributed by atoms with Crippen molar-refractivity contribution in [2.24, 2.45) is 0 Å². The quantitative estimate of drug-likeness (QED) is 0.475. The predicted octanol–water partition coefficient (Wildman–Crippen LogP) is 4.95. The van der Waals surface area contributed by atoms with Crippen LogP contribution in [0.15, 0.2) is 36.4 Å². The summed E-state index contributed by atoms with van der Waals surface area (Å²) in [6.07, 6.45) is 2.21. The molecule has 0 aliphatic heterocycles. The summed E-state index contributed by atoms with van der Waals surface area (Å²) in [7, 11) is -3.70. The van der Waals surface area contributed by atoms with Gasteiger partial charge in [0.2, 0.25) is 10.0 Å². The highest BCUT2D eigenvalue weighted by Crippen LogP contribution is 2.26. The van der Waals surface area contributed by atoms with Crippen molar-refractivity contribution in [2.45, 2.75) is 39.7 Å². The minimum absolute atomic E-state index is 0.0783. The van der Waals surface area contributed by atoms with E-state index in [0.717, 1.165) is 23.9 Å². The summed E-state index contributed by atoms with van der Waals surface area (Å²) >= 11 is 12.3. The van der Waals surface area contributed by atoms with Crippen LogP contribution >= 0.6 is 23.2 Å². The van der Waals surface area contributed by atoms with Crippen molar-refractivity contribution >= 4 is 50.2 Å². The molecule has 6 nitrogen and oxygen atoms in total. The molecule has 3 rings (SSSR count). The van der Waals surface area contributed by atoms with E-state index in [1.54, 1.807) is 24.3 Å². The maximum atomic E-state index is 12.7. The lowest BCUT2D eigenvalue weighted by Crippen LogP contribution is -2.32. The number of amides is 1. The Morgan fingerprint density at radius 1 is 1.17 bits per heavy atom. The van der Waals surface area contributed by atoms with Crippen LogP contribution in [0.1, 0.15) is 47.9 Å². The van der Waals surface area contributed by atoms with Gasteiger partial charge in [0.15, 0.2) is 0 Å². The van der Waals surface area contributed by atoms with Crippen LogP contribution in [0.25, 0.3) is 11.0 Å². The van der Waals surface area contributed by atoms with Gasteiger partial charge >= 0.3 is 0 Å². The lowest BCUT2D eigenvalue weighted by Gasteiger charge is -2.10. The van der Waals surface area contributed by atoms with Crippen molar-refractivity contribution < 1.29 is 13.2 Å². The van der Waals surface area contributed by atoms with Crippen LogP contribution in [0, 0.1) is 6.92 Å². The standard InChI is InChI=1S/C21H23Cl2N3O3S/c1-3-4-5-11-30(28,29)25-21(27)17-7-6-8-19-20(17)24-14(2)26(19)13-15-9-10-16(22)12-18(15)23/h6-10,12H,3-5,11,13H2,1-2H3,(H,25,27). The molecule has 1 N–H and O–H groups in total. The van der Waals surface area contributed by atoms with E-state index >= 15 is 0 Å². The number of sulfonamides is 1. The fourth-order valence-electron chi connectivity index (χ4n) is 3.26. The Kier molecular flexibility index (Phi) is 7.06. The number of carbonyl (C=O) groups is 1. The van der Waals surface area contributed by atoms with Gasteiger partial charge in [-0.2, -0.15) is 0 Å². The molecule has 3 aromatic rings. The predicted molar refractivity (Wildman–Crippen MR) is 121 cm³/mol. The zero-order chi connectivity index (χ0) is 21.9. The topological polar surface area (TPSA) is 81.1 Å². The number of fused-ring (bicyclic) bond motifs is 1. The molecule has 30 heavy (non-hydrogen) atoms. The van der Waals surface area contributed by atoms with Gasteiger partial charge in [0.1, 0.15) is 11.3 Å². The van der Waals surface area contributed by atoms with E-state index in [1.807, 2.05) is 30.5 Å². The lowest BCUT2D eigenvalue weighted by molar-refractivity contribution is 0.0983. The third kappa shape index (κ3) is 5.14. The molecule has 160 valence electrons. The van der Waals surface area contributed by atoms with Gasteiger partial charge in [-0.3, -0.25) is 4.79 Å². The Bertz CT molecular complexity index is 1190. The number of carbonyl (C=O) groups excluding carboxylic acids is 1. The summed E-state index contributed by atoms with van der Waals surface area (Å²) in [5.74, 6) is -0.0706. The number of rotatable bonds is 8. The maximum absolute atomic E-state index is 12.7. The summed E-state index contributed by atoms with van der Waals surface area (Å²) in [5.41, 5.74) is 2.24. The van der Waals surface area contributed by atoms with E-state index in [-0.39, 0.29) is 11.3 Å². The third-order valence-corrected chi connectivity index (χ3v) is 6.73. The van der Waals surface area contributed by atoms with Crippen LogP contribution in [0.4, 0.5) is 0 Å². The molecule has 0 spiro atoms. The lowest BCUT2D eigenvalue weighted by atomic mass is 10.1. The van der Waals surface area contributed by atoms with Crippen molar-refractivity contribution in [2.75, 3.05) is 5.75 Å². The van der Waals surface area contributed by atoms with Crippen LogP contribution in [0.2, 0.25) is 10.0 Å². The molecule has 0 fully saturated rings. The highest BCUT2D eigenvalue weighted by molar-refractivity contribution is 7.90. The molecule has 0 aliphatic carbocycles. The smallest absolute Gasteiger partial charge is 0.266 e. The van der Waals surface area contributed by atoms with Gasteiger partial charge in [0, 0.05) is 10.0 Å². The molecule has 0 atom stereocenters. The van der Waals surface area contributed by atoms with Crippen molar-refractivity contribution in [3.63, 3.8) is 0 Å². The Hall–Kier alpha value is -2.09. The second-order valence-electron chi connectivity index (χ2n) is 7.11. The highest BCUT2D eigenvalue weighted by Gasteiger charge is 2.20. The van der Waals surface area contributed by atoms with E-state index in [0.29, 0.717) is 34.4 Å². The average molecular weight is 468 g/mol. The Balaban J connectivity index is 1.91. The molecule has 0 radical (unpaired) electrons. The molecule has 1 heterocycles. The van der Waals surface area contributed by atoms with Gasteiger partial charge in [-0.05, 0) is 43.2 Å². The molecular formula is C21H23Cl2N3O3S. The molecule has 0 saturated carbocycles. The van der Waals surface area contributed by atoms with Gasteiger partial charge in [0.25, 0.3) is 5.91 Å². The van der Waals surface area contributed by atoms with E-state index in [4.69, 9.17) is 23.2 Å². The molecule has 1 amide bonds. The number of unbranched alkanes of at least 4 members (excludes halogenated alkanes) is 2. The van der Waals surface area contributed by atoms with Crippen molar-refractivity contribution in [3.8, 4) is 0 Å². The molecule has 2 aromatic carbocycles. The zero-order valence-electron chi connectivity index (χ0n) is 16.8. The summed E-state index contributed by atoms with van der Waals surface area (Å²) in [4.78, 5) is 17.2. The maximum Gasteiger partial charge on any atom is 0.266 e. The fourth-order valence-corrected chi connectivity index (χ4v) is 4.80. The summed E-state index contributed by atoms with van der Waals surface area (Å²) in [5, 5.41) is 1.09. The van der Waals surface area contributed by atoms with Gasteiger partial charge in [0.05, 0.1) is 23.4 Å². The first-order valence-electron chi connectivity index (χ1n) is 9.66. The molecule has 0 saturated heterocycles. The molecule has 0 aliphatic rings. The number of aromatic nitrogens is 2. The van der Waals surface area contributed by atoms with Gasteiger partial charge in [-0.1, -0.05) is 55.1 Å². The van der Waals surface area contributed by atoms with Crippen molar-refractivity contribution in [3.05, 3.63) is 63.4 Å². The van der Waals surface area contributed by atoms with Crippen molar-refractivity contribution in [1.29, 1.82) is 0 Å². The average Bonchev–Trinajstić information content (AvgIpc) is 2.99. The van der Waals surface area contributed by atoms with Gasteiger partial charge in [-0.15, -0.1) is 0 Å². The Morgan fingerprint density at radius 2 is 1.93 bits per heavy atom. The summed E-state index contributed by atoms with van der Waals surface area (Å²) < 4.78 is 28.5. The normalized spacial score (nSPS) is 11.7. The molecule has 9 heteroatoms. The van der Waals surface area contributed by atoms with Gasteiger partial charge < -0.3 is 4.57 Å². The highest BCUT2D eigenvalue weighted by atomic mass is 35.5. The van der Waals surface area contributed by atoms with Crippen LogP contribution in [-0.2, 0) is 16.6 Å². The molecule has 1 aromatic heterocycles. The van der Waals surface area contributed by atoms with E-state index < -0.39 is 15.9 Å². The minimum atomic E-state index is -3.70. The van der Waals surface area contributed by atoms with Crippen LogP contribution in [0.5, 0.6) is 0 Å². The van der Waals surface area contributed by atoms with Crippen molar-refractivity contribution in [1.82, 2.24) is 14.3 Å². The van der Waals surface area contributed by atoms with Crippen LogP contribution in [0.3, 0.4) is 0 Å². The number of hydrogen-bond donors (Lipinski definition) is 1. The molecule has 0 bridgehead atoms.